The number of benzene rings is 12. The van der Waals surface area contributed by atoms with Crippen LogP contribution in [0.15, 0.2) is 273 Å². The van der Waals surface area contributed by atoms with Crippen LogP contribution in [0.4, 0.5) is 17.1 Å². The first kappa shape index (κ1) is 43.1. The van der Waals surface area contributed by atoms with Crippen LogP contribution in [-0.4, -0.2) is 0 Å². The molecule has 0 fully saturated rings. The summed E-state index contributed by atoms with van der Waals surface area (Å²) in [7, 11) is 0. The zero-order valence-electron chi connectivity index (χ0n) is 42.4. The van der Waals surface area contributed by atoms with Crippen LogP contribution in [0.25, 0.3) is 66.4 Å². The summed E-state index contributed by atoms with van der Waals surface area (Å²) >= 11 is 0. The second-order valence-corrected chi connectivity index (χ2v) is 21.8. The molecule has 356 valence electrons. The smallest absolute Gasteiger partial charge is 0.0725 e. The van der Waals surface area contributed by atoms with Crippen molar-refractivity contribution >= 4 is 27.8 Å². The fourth-order valence-electron chi connectivity index (χ4n) is 14.9. The highest BCUT2D eigenvalue weighted by Crippen LogP contribution is 2.64. The molecule has 0 heterocycles. The highest BCUT2D eigenvalue weighted by atomic mass is 15.1. The molecular formula is C75H51N. The van der Waals surface area contributed by atoms with Crippen molar-refractivity contribution in [1.29, 1.82) is 0 Å². The lowest BCUT2D eigenvalue weighted by molar-refractivity contribution is 0.666. The summed E-state index contributed by atoms with van der Waals surface area (Å²) in [4.78, 5) is 2.57. The van der Waals surface area contributed by atoms with Crippen LogP contribution >= 0.6 is 0 Å². The molecule has 12 aromatic rings. The van der Waals surface area contributed by atoms with E-state index >= 15 is 0 Å². The van der Waals surface area contributed by atoms with Crippen molar-refractivity contribution in [3.8, 4) is 55.6 Å². The second kappa shape index (κ2) is 15.9. The summed E-state index contributed by atoms with van der Waals surface area (Å²) in [5, 5.41) is 2.54. The maximum absolute atomic E-state index is 2.57. The van der Waals surface area contributed by atoms with Crippen LogP contribution in [0.3, 0.4) is 0 Å². The number of anilines is 3. The number of nitrogens with zero attached hydrogens (tertiary/aromatic N) is 1. The predicted octanol–water partition coefficient (Wildman–Crippen LogP) is 19.0. The van der Waals surface area contributed by atoms with Gasteiger partial charge < -0.3 is 4.90 Å². The monoisotopic (exact) mass is 965 g/mol. The molecule has 0 N–H and O–H groups in total. The molecule has 0 atom stereocenters. The molecule has 0 aliphatic heterocycles. The lowest BCUT2D eigenvalue weighted by Gasteiger charge is -2.35. The molecule has 0 aromatic heterocycles. The van der Waals surface area contributed by atoms with Crippen LogP contribution < -0.4 is 4.90 Å². The van der Waals surface area contributed by atoms with Crippen LogP contribution in [-0.2, 0) is 16.2 Å². The standard InChI is InChI=1S/C75H51N/c1-73(2)63-32-16-15-31-62(63)71-70(46-50-21-9-10-26-55(50)72(71)73)76(54-42-44-61-58-29-11-17-33-64(58)74(69(61)47-54,51-22-5-3-6-23-51)52-24-7-4-8-25-52)53-40-37-48(38-41-53)49-39-43-60-59-30-14-20-36-67(59)75(68(60)45-49)65-34-18-12-27-56(65)57-28-13-19-35-66(57)75/h3-47H,1-2H3. The van der Waals surface area contributed by atoms with Gasteiger partial charge in [0.15, 0.2) is 0 Å². The largest absolute Gasteiger partial charge is 0.310 e. The zero-order chi connectivity index (χ0) is 50.3. The van der Waals surface area contributed by atoms with E-state index in [9.17, 15) is 0 Å². The van der Waals surface area contributed by atoms with Gasteiger partial charge in [-0.2, -0.15) is 0 Å². The van der Waals surface area contributed by atoms with Gasteiger partial charge in [0.1, 0.15) is 0 Å². The van der Waals surface area contributed by atoms with Crippen molar-refractivity contribution in [2.75, 3.05) is 4.90 Å². The molecule has 0 bridgehead atoms. The lowest BCUT2D eigenvalue weighted by Crippen LogP contribution is -2.28. The molecule has 12 aromatic carbocycles. The maximum atomic E-state index is 2.57. The molecule has 1 spiro atoms. The molecule has 0 amide bonds. The van der Waals surface area contributed by atoms with Gasteiger partial charge in [-0.25, -0.2) is 0 Å². The third-order valence-corrected chi connectivity index (χ3v) is 17.9. The lowest BCUT2D eigenvalue weighted by atomic mass is 9.67. The van der Waals surface area contributed by atoms with Gasteiger partial charge >= 0.3 is 0 Å². The van der Waals surface area contributed by atoms with Crippen LogP contribution in [0, 0.1) is 0 Å². The first-order chi connectivity index (χ1) is 37.5. The Morgan fingerprint density at radius 3 is 1.29 bits per heavy atom. The zero-order valence-corrected chi connectivity index (χ0v) is 42.4. The van der Waals surface area contributed by atoms with Gasteiger partial charge in [0, 0.05) is 22.4 Å². The minimum atomic E-state index is -0.551. The van der Waals surface area contributed by atoms with E-state index in [4.69, 9.17) is 0 Å². The SMILES string of the molecule is CC1(C)c2ccccc2-c2c(N(c3ccc(-c4ccc5c(c4)C4(c6ccccc6-c6ccccc64)c4ccccc4-5)cc3)c3ccc4c(c3)C(c3ccccc3)(c3ccccc3)c3ccccc3-4)cc3ccccc3c21. The fourth-order valence-corrected chi connectivity index (χ4v) is 14.9. The predicted molar refractivity (Wildman–Crippen MR) is 315 cm³/mol. The van der Waals surface area contributed by atoms with Crippen molar-refractivity contribution in [2.24, 2.45) is 0 Å². The van der Waals surface area contributed by atoms with E-state index in [-0.39, 0.29) is 5.41 Å². The third-order valence-electron chi connectivity index (χ3n) is 17.9. The summed E-state index contributed by atoms with van der Waals surface area (Å²) in [6, 6.07) is 103. The van der Waals surface area contributed by atoms with Crippen LogP contribution in [0.2, 0.25) is 0 Å². The maximum Gasteiger partial charge on any atom is 0.0725 e. The number of hydrogen-bond acceptors (Lipinski definition) is 1. The number of rotatable bonds is 6. The first-order valence-corrected chi connectivity index (χ1v) is 26.8. The molecule has 4 aliphatic rings. The second-order valence-electron chi connectivity index (χ2n) is 21.8. The van der Waals surface area contributed by atoms with Gasteiger partial charge in [-0.1, -0.05) is 250 Å². The van der Waals surface area contributed by atoms with Gasteiger partial charge in [0.25, 0.3) is 0 Å². The topological polar surface area (TPSA) is 3.24 Å². The van der Waals surface area contributed by atoms with Gasteiger partial charge in [-0.05, 0) is 153 Å². The van der Waals surface area contributed by atoms with Crippen molar-refractivity contribution in [3.05, 3.63) is 329 Å². The molecule has 16 rings (SSSR count). The quantitative estimate of drug-likeness (QED) is 0.161. The molecule has 0 saturated carbocycles. The van der Waals surface area contributed by atoms with Gasteiger partial charge in [0.05, 0.1) is 16.5 Å². The molecule has 1 nitrogen and oxygen atoms in total. The van der Waals surface area contributed by atoms with E-state index in [1.54, 1.807) is 0 Å². The Morgan fingerprint density at radius 2 is 0.711 bits per heavy atom. The summed E-state index contributed by atoms with van der Waals surface area (Å²) < 4.78 is 0. The van der Waals surface area contributed by atoms with Crippen molar-refractivity contribution in [3.63, 3.8) is 0 Å². The molecule has 4 aliphatic carbocycles. The molecule has 0 unspecified atom stereocenters. The average molecular weight is 966 g/mol. The highest BCUT2D eigenvalue weighted by molar-refractivity contribution is 6.06. The van der Waals surface area contributed by atoms with Gasteiger partial charge in [0.2, 0.25) is 0 Å². The Bertz CT molecular complexity index is 4270. The normalized spacial score (nSPS) is 14.8. The summed E-state index contributed by atoms with van der Waals surface area (Å²) in [5.74, 6) is 0. The third kappa shape index (κ3) is 5.59. The van der Waals surface area contributed by atoms with E-state index in [2.05, 4.69) is 292 Å². The minimum absolute atomic E-state index is 0.225. The molecule has 76 heavy (non-hydrogen) atoms. The van der Waals surface area contributed by atoms with Crippen LogP contribution in [0.1, 0.15) is 69.5 Å². The van der Waals surface area contributed by atoms with E-state index in [0.717, 1.165) is 11.4 Å². The Balaban J connectivity index is 0.928. The summed E-state index contributed by atoms with van der Waals surface area (Å²) in [6.45, 7) is 4.82. The Labute approximate surface area is 444 Å². The first-order valence-electron chi connectivity index (χ1n) is 26.8. The molecule has 1 heteroatoms. The number of fused-ring (bicyclic) bond motifs is 18. The Kier molecular flexibility index (Phi) is 9.00. The molecular weight excluding hydrogens is 915 g/mol. The molecule has 0 radical (unpaired) electrons. The Hall–Kier alpha value is -9.30. The van der Waals surface area contributed by atoms with Crippen molar-refractivity contribution in [1.82, 2.24) is 0 Å². The summed E-state index contributed by atoms with van der Waals surface area (Å²) in [6.07, 6.45) is 0. The van der Waals surface area contributed by atoms with E-state index < -0.39 is 10.8 Å². The van der Waals surface area contributed by atoms with Gasteiger partial charge in [-0.3, -0.25) is 0 Å². The van der Waals surface area contributed by atoms with Crippen LogP contribution in [0.5, 0.6) is 0 Å². The number of hydrogen-bond donors (Lipinski definition) is 0. The fraction of sp³-hybridized carbons (Fsp3) is 0.0667. The van der Waals surface area contributed by atoms with Crippen molar-refractivity contribution < 1.29 is 0 Å². The van der Waals surface area contributed by atoms with E-state index in [0.29, 0.717) is 0 Å². The van der Waals surface area contributed by atoms with E-state index in [1.165, 1.54) is 128 Å². The van der Waals surface area contributed by atoms with Gasteiger partial charge in [-0.15, -0.1) is 0 Å². The van der Waals surface area contributed by atoms with Crippen molar-refractivity contribution in [2.45, 2.75) is 30.1 Å². The summed E-state index contributed by atoms with van der Waals surface area (Å²) in [5.41, 5.74) is 28.3. The average Bonchev–Trinajstić information content (AvgIpc) is 4.36. The Morgan fingerprint density at radius 1 is 0.289 bits per heavy atom. The minimum Gasteiger partial charge on any atom is -0.310 e. The molecule has 0 saturated heterocycles. The van der Waals surface area contributed by atoms with E-state index in [1.807, 2.05) is 0 Å². The highest BCUT2D eigenvalue weighted by Gasteiger charge is 2.52.